The molecule has 20 heavy (non-hydrogen) atoms. The van der Waals surface area contributed by atoms with Crippen LogP contribution in [0, 0.1) is 10.1 Å². The topological polar surface area (TPSA) is 131 Å². The smallest absolute Gasteiger partial charge is 0.396 e. The molecule has 0 atom stereocenters. The number of hydrogen-bond donors (Lipinski definition) is 0. The summed E-state index contributed by atoms with van der Waals surface area (Å²) in [5, 5.41) is 22.1. The number of methoxy groups -OCH3 is 1. The van der Waals surface area contributed by atoms with Crippen molar-refractivity contribution in [1.29, 1.82) is 0 Å². The summed E-state index contributed by atoms with van der Waals surface area (Å²) in [5.41, 5.74) is 0. The molecule has 0 saturated heterocycles. The first-order valence-electron chi connectivity index (χ1n) is 5.19. The summed E-state index contributed by atoms with van der Waals surface area (Å²) < 4.78 is 7.17. The molecule has 0 radical (unpaired) electrons. The molecule has 2 heterocycles. The normalized spacial score (nSPS) is 10.5. The van der Waals surface area contributed by atoms with E-state index >= 15 is 0 Å². The van der Waals surface area contributed by atoms with E-state index in [1.54, 1.807) is 7.05 Å². The lowest BCUT2D eigenvalue weighted by Crippen LogP contribution is -2.13. The molecule has 0 fully saturated rings. The van der Waals surface area contributed by atoms with Crippen LogP contribution in [-0.2, 0) is 23.1 Å². The second kappa shape index (κ2) is 5.64. The van der Waals surface area contributed by atoms with Crippen molar-refractivity contribution in [2.45, 2.75) is 16.7 Å². The van der Waals surface area contributed by atoms with Crippen LogP contribution in [0.2, 0.25) is 0 Å². The van der Waals surface area contributed by atoms with Crippen LogP contribution < -0.4 is 0 Å². The first-order chi connectivity index (χ1) is 9.52. The molecular formula is C8H9N7O4S. The predicted molar refractivity (Wildman–Crippen MR) is 63.8 cm³/mol. The number of tetrazole rings is 1. The van der Waals surface area contributed by atoms with Gasteiger partial charge in [0.25, 0.3) is 0 Å². The minimum atomic E-state index is -0.600. The average molecular weight is 299 g/mol. The van der Waals surface area contributed by atoms with Crippen molar-refractivity contribution in [1.82, 2.24) is 29.8 Å². The molecule has 0 unspecified atom stereocenters. The molecule has 106 valence electrons. The molecular weight excluding hydrogens is 290 g/mol. The minimum Gasteiger partial charge on any atom is -0.468 e. The third-order valence-corrected chi connectivity index (χ3v) is 3.37. The van der Waals surface area contributed by atoms with Gasteiger partial charge < -0.3 is 19.4 Å². The van der Waals surface area contributed by atoms with Crippen LogP contribution >= 0.6 is 11.8 Å². The number of nitro groups is 1. The highest BCUT2D eigenvalue weighted by Gasteiger charge is 2.24. The Bertz CT molecular complexity index is 651. The maximum Gasteiger partial charge on any atom is 0.396 e. The van der Waals surface area contributed by atoms with Crippen LogP contribution in [0.15, 0.2) is 16.5 Å². The van der Waals surface area contributed by atoms with E-state index in [4.69, 9.17) is 0 Å². The summed E-state index contributed by atoms with van der Waals surface area (Å²) in [6, 6.07) is 0. The van der Waals surface area contributed by atoms with Crippen LogP contribution in [0.1, 0.15) is 0 Å². The summed E-state index contributed by atoms with van der Waals surface area (Å²) in [7, 11) is 2.85. The van der Waals surface area contributed by atoms with Crippen LogP contribution in [0.4, 0.5) is 5.82 Å². The van der Waals surface area contributed by atoms with Gasteiger partial charge in [-0.1, -0.05) is 0 Å². The molecule has 0 aliphatic rings. The Balaban J connectivity index is 2.27. The molecule has 2 aromatic heterocycles. The molecule has 0 aromatic carbocycles. The van der Waals surface area contributed by atoms with Crippen molar-refractivity contribution < 1.29 is 14.5 Å². The summed E-state index contributed by atoms with van der Waals surface area (Å²) in [6.45, 7) is -0.183. The quantitative estimate of drug-likeness (QED) is 0.412. The molecule has 0 saturated carbocycles. The molecule has 11 nitrogen and oxygen atoms in total. The number of hydrogen-bond acceptors (Lipinski definition) is 9. The Morgan fingerprint density at radius 2 is 2.35 bits per heavy atom. The second-order valence-corrected chi connectivity index (χ2v) is 4.49. The maximum atomic E-state index is 11.2. The van der Waals surface area contributed by atoms with Crippen LogP contribution in [-0.4, -0.2) is 47.8 Å². The summed E-state index contributed by atoms with van der Waals surface area (Å²) in [6.07, 6.45) is 1.31. The van der Waals surface area contributed by atoms with Gasteiger partial charge in [0, 0.05) is 7.05 Å². The molecule has 0 bridgehead atoms. The number of carbonyl (C=O) groups excluding carboxylic acids is 1. The number of rotatable bonds is 5. The summed E-state index contributed by atoms with van der Waals surface area (Å²) in [4.78, 5) is 25.1. The van der Waals surface area contributed by atoms with Crippen molar-refractivity contribution >= 4 is 23.5 Å². The number of aryl methyl sites for hydroxylation is 1. The fourth-order valence-electron chi connectivity index (χ4n) is 1.29. The first-order valence-corrected chi connectivity index (χ1v) is 6.01. The molecule has 12 heteroatoms. The van der Waals surface area contributed by atoms with Gasteiger partial charge in [-0.05, 0) is 32.1 Å². The van der Waals surface area contributed by atoms with Gasteiger partial charge in [0.2, 0.25) is 11.5 Å². The van der Waals surface area contributed by atoms with Crippen LogP contribution in [0.25, 0.3) is 0 Å². The number of imidazole rings is 1. The molecule has 0 aliphatic heterocycles. The van der Waals surface area contributed by atoms with Crippen molar-refractivity contribution in [2.75, 3.05) is 7.11 Å². The van der Waals surface area contributed by atoms with Gasteiger partial charge in [0.1, 0.15) is 6.54 Å². The van der Waals surface area contributed by atoms with E-state index in [0.717, 1.165) is 11.8 Å². The number of ether oxygens (including phenoxy) is 1. The standard InChI is InChI=1S/C8H9N7O4S/c1-13-4-9-6(15(17)18)7(13)20-8-10-11-12-14(8)3-5(16)19-2/h4H,3H2,1-2H3. The fourth-order valence-corrected chi connectivity index (χ4v) is 2.16. The van der Waals surface area contributed by atoms with Gasteiger partial charge >= 0.3 is 11.8 Å². The van der Waals surface area contributed by atoms with Crippen molar-refractivity contribution in [3.8, 4) is 0 Å². The Kier molecular flexibility index (Phi) is 3.93. The molecule has 0 amide bonds. The highest BCUT2D eigenvalue weighted by Crippen LogP contribution is 2.31. The lowest BCUT2D eigenvalue weighted by Gasteiger charge is -2.03. The minimum absolute atomic E-state index is 0.183. The monoisotopic (exact) mass is 299 g/mol. The highest BCUT2D eigenvalue weighted by molar-refractivity contribution is 7.99. The second-order valence-electron chi connectivity index (χ2n) is 3.54. The van der Waals surface area contributed by atoms with Gasteiger partial charge in [-0.15, -0.1) is 5.10 Å². The van der Waals surface area contributed by atoms with E-state index in [1.807, 2.05) is 0 Å². The van der Waals surface area contributed by atoms with E-state index in [-0.39, 0.29) is 22.5 Å². The third kappa shape index (κ3) is 2.74. The highest BCUT2D eigenvalue weighted by atomic mass is 32.2. The zero-order chi connectivity index (χ0) is 14.7. The van der Waals surface area contributed by atoms with Gasteiger partial charge in [-0.3, -0.25) is 4.79 Å². The van der Waals surface area contributed by atoms with E-state index in [2.05, 4.69) is 25.2 Å². The first kappa shape index (κ1) is 13.9. The molecule has 2 aromatic rings. The number of nitrogens with zero attached hydrogens (tertiary/aromatic N) is 7. The third-order valence-electron chi connectivity index (χ3n) is 2.23. The fraction of sp³-hybridized carbons (Fsp3) is 0.375. The number of carbonyl (C=O) groups is 1. The van der Waals surface area contributed by atoms with Gasteiger partial charge in [0.15, 0.2) is 5.03 Å². The Morgan fingerprint density at radius 3 is 3.00 bits per heavy atom. The molecule has 0 N–H and O–H groups in total. The summed E-state index contributed by atoms with van der Waals surface area (Å²) >= 11 is 0.939. The van der Waals surface area contributed by atoms with Gasteiger partial charge in [0.05, 0.1) is 7.11 Å². The van der Waals surface area contributed by atoms with Gasteiger partial charge in [-0.25, -0.2) is 4.68 Å². The zero-order valence-corrected chi connectivity index (χ0v) is 11.3. The van der Waals surface area contributed by atoms with Crippen molar-refractivity contribution in [3.63, 3.8) is 0 Å². The lowest BCUT2D eigenvalue weighted by atomic mass is 10.7. The maximum absolute atomic E-state index is 11.2. The lowest BCUT2D eigenvalue weighted by molar-refractivity contribution is -0.392. The van der Waals surface area contributed by atoms with Crippen LogP contribution in [0.3, 0.4) is 0 Å². The van der Waals surface area contributed by atoms with E-state index in [9.17, 15) is 14.9 Å². The largest absolute Gasteiger partial charge is 0.468 e. The Labute approximate surface area is 116 Å². The molecule has 0 spiro atoms. The Morgan fingerprint density at radius 1 is 1.60 bits per heavy atom. The molecule has 2 rings (SSSR count). The van der Waals surface area contributed by atoms with Crippen molar-refractivity contribution in [3.05, 3.63) is 16.4 Å². The average Bonchev–Trinajstić information content (AvgIpc) is 2.98. The number of esters is 1. The predicted octanol–water partition coefficient (Wildman–Crippen LogP) is -0.361. The van der Waals surface area contributed by atoms with Gasteiger partial charge in [-0.2, -0.15) is 0 Å². The van der Waals surface area contributed by atoms with E-state index in [0.29, 0.717) is 0 Å². The number of aromatic nitrogens is 6. The van der Waals surface area contributed by atoms with E-state index in [1.165, 1.54) is 22.7 Å². The molecule has 0 aliphatic carbocycles. The Hall–Kier alpha value is -2.50. The van der Waals surface area contributed by atoms with Crippen LogP contribution in [0.5, 0.6) is 0 Å². The van der Waals surface area contributed by atoms with E-state index < -0.39 is 10.9 Å². The zero-order valence-electron chi connectivity index (χ0n) is 10.5. The SMILES string of the molecule is COC(=O)Cn1nnnc1Sc1c([N+](=O)[O-])ncn1C. The van der Waals surface area contributed by atoms with Crippen molar-refractivity contribution in [2.24, 2.45) is 7.05 Å². The summed E-state index contributed by atoms with van der Waals surface area (Å²) in [5.74, 6) is -0.830.